The lowest BCUT2D eigenvalue weighted by molar-refractivity contribution is 1.56. The summed E-state index contributed by atoms with van der Waals surface area (Å²) in [6.45, 7) is 6.11. The first-order chi connectivity index (χ1) is 7.27. The predicted molar refractivity (Wildman–Crippen MR) is 65.8 cm³/mol. The summed E-state index contributed by atoms with van der Waals surface area (Å²) in [5.74, 6) is 0. The molecule has 0 bridgehead atoms. The Kier molecular flexibility index (Phi) is 1.57. The quantitative estimate of drug-likeness (QED) is 0.600. The second-order valence-corrected chi connectivity index (χ2v) is 3.86. The van der Waals surface area contributed by atoms with Crippen molar-refractivity contribution in [2.45, 2.75) is 6.92 Å². The van der Waals surface area contributed by atoms with Gasteiger partial charge in [0.15, 0.2) is 0 Å². The zero-order chi connectivity index (χ0) is 10.4. The first kappa shape index (κ1) is 8.42. The van der Waals surface area contributed by atoms with Crippen molar-refractivity contribution in [2.75, 3.05) is 0 Å². The molecule has 0 radical (unpaired) electrons. The minimum Gasteiger partial charge on any atom is -0.252 e. The van der Waals surface area contributed by atoms with Crippen molar-refractivity contribution in [3.05, 3.63) is 48.5 Å². The van der Waals surface area contributed by atoms with E-state index in [0.717, 1.165) is 17.0 Å². The van der Waals surface area contributed by atoms with Crippen LogP contribution in [0.2, 0.25) is 0 Å². The largest absolute Gasteiger partial charge is 0.252 e. The summed E-state index contributed by atoms with van der Waals surface area (Å²) in [4.78, 5) is 4.50. The van der Waals surface area contributed by atoms with E-state index < -0.39 is 0 Å². The second-order valence-electron chi connectivity index (χ2n) is 3.86. The van der Waals surface area contributed by atoms with Crippen molar-refractivity contribution in [2.24, 2.45) is 4.99 Å². The monoisotopic (exact) mass is 193 g/mol. The van der Waals surface area contributed by atoms with E-state index in [1.165, 1.54) is 16.3 Å². The SMILES string of the molecule is C=C1C(C)=Nc2ccc3ccccc3c21. The Labute approximate surface area is 88.8 Å². The molecule has 72 valence electrons. The van der Waals surface area contributed by atoms with E-state index in [1.54, 1.807) is 0 Å². The third-order valence-electron chi connectivity index (χ3n) is 2.93. The van der Waals surface area contributed by atoms with Crippen LogP contribution in [0.15, 0.2) is 48.0 Å². The molecule has 2 aromatic carbocycles. The van der Waals surface area contributed by atoms with Crippen LogP contribution in [0.3, 0.4) is 0 Å². The first-order valence-electron chi connectivity index (χ1n) is 5.04. The van der Waals surface area contributed by atoms with Crippen LogP contribution in [0.5, 0.6) is 0 Å². The molecule has 1 heteroatoms. The third-order valence-corrected chi connectivity index (χ3v) is 2.93. The van der Waals surface area contributed by atoms with Crippen molar-refractivity contribution in [3.8, 4) is 0 Å². The minimum absolute atomic E-state index is 1.03. The Balaban J connectivity index is 2.45. The third kappa shape index (κ3) is 1.06. The van der Waals surface area contributed by atoms with Gasteiger partial charge in [0.25, 0.3) is 0 Å². The van der Waals surface area contributed by atoms with Gasteiger partial charge in [0.05, 0.1) is 5.69 Å². The van der Waals surface area contributed by atoms with Crippen LogP contribution in [0.1, 0.15) is 12.5 Å². The number of nitrogens with zero attached hydrogens (tertiary/aromatic N) is 1. The van der Waals surface area contributed by atoms with Crippen LogP contribution in [-0.4, -0.2) is 5.71 Å². The number of allylic oxidation sites excluding steroid dienone is 1. The summed E-state index contributed by atoms with van der Waals surface area (Å²) in [6.07, 6.45) is 0. The molecule has 1 heterocycles. The van der Waals surface area contributed by atoms with Gasteiger partial charge in [-0.2, -0.15) is 0 Å². The van der Waals surface area contributed by atoms with Crippen LogP contribution < -0.4 is 0 Å². The van der Waals surface area contributed by atoms with Crippen molar-refractivity contribution < 1.29 is 0 Å². The normalized spacial score (nSPS) is 14.2. The zero-order valence-electron chi connectivity index (χ0n) is 8.62. The molecule has 0 saturated heterocycles. The maximum absolute atomic E-state index is 4.50. The molecule has 0 spiro atoms. The molecule has 2 aromatic rings. The molecule has 0 unspecified atom stereocenters. The minimum atomic E-state index is 1.03. The van der Waals surface area contributed by atoms with E-state index in [-0.39, 0.29) is 0 Å². The highest BCUT2D eigenvalue weighted by Crippen LogP contribution is 2.38. The van der Waals surface area contributed by atoms with Crippen LogP contribution in [-0.2, 0) is 0 Å². The summed E-state index contributed by atoms with van der Waals surface area (Å²) < 4.78 is 0. The van der Waals surface area contributed by atoms with E-state index in [0.29, 0.717) is 0 Å². The average Bonchev–Trinajstić information content (AvgIpc) is 2.55. The molecular weight excluding hydrogens is 182 g/mol. The highest BCUT2D eigenvalue weighted by atomic mass is 14.8. The van der Waals surface area contributed by atoms with Gasteiger partial charge in [-0.05, 0) is 29.3 Å². The molecule has 0 aliphatic carbocycles. The van der Waals surface area contributed by atoms with Crippen molar-refractivity contribution in [1.29, 1.82) is 0 Å². The van der Waals surface area contributed by atoms with Gasteiger partial charge in [-0.3, -0.25) is 4.99 Å². The maximum atomic E-state index is 4.50. The smallest absolute Gasteiger partial charge is 0.0718 e. The van der Waals surface area contributed by atoms with Gasteiger partial charge in [0.2, 0.25) is 0 Å². The van der Waals surface area contributed by atoms with E-state index in [1.807, 2.05) is 6.92 Å². The van der Waals surface area contributed by atoms with Crippen LogP contribution in [0, 0.1) is 0 Å². The van der Waals surface area contributed by atoms with Crippen LogP contribution in [0.25, 0.3) is 16.3 Å². The van der Waals surface area contributed by atoms with E-state index in [4.69, 9.17) is 0 Å². The van der Waals surface area contributed by atoms with E-state index in [2.05, 4.69) is 48.0 Å². The van der Waals surface area contributed by atoms with Gasteiger partial charge < -0.3 is 0 Å². The molecule has 0 amide bonds. The van der Waals surface area contributed by atoms with E-state index >= 15 is 0 Å². The van der Waals surface area contributed by atoms with Crippen LogP contribution in [0.4, 0.5) is 5.69 Å². The summed E-state index contributed by atoms with van der Waals surface area (Å²) in [5.41, 5.74) is 4.34. The molecule has 1 aliphatic heterocycles. The Hall–Kier alpha value is -1.89. The average molecular weight is 193 g/mol. The lowest BCUT2D eigenvalue weighted by atomic mass is 9.98. The molecule has 1 nitrogen and oxygen atoms in total. The Bertz CT molecular complexity index is 606. The number of hydrogen-bond acceptors (Lipinski definition) is 1. The molecule has 1 aliphatic rings. The summed E-state index contributed by atoms with van der Waals surface area (Å²) >= 11 is 0. The zero-order valence-corrected chi connectivity index (χ0v) is 8.62. The molecule has 0 fully saturated rings. The summed E-state index contributed by atoms with van der Waals surface area (Å²) in [5, 5.41) is 2.50. The Morgan fingerprint density at radius 2 is 1.87 bits per heavy atom. The predicted octanol–water partition coefficient (Wildman–Crippen LogP) is 3.96. The Morgan fingerprint density at radius 3 is 2.73 bits per heavy atom. The maximum Gasteiger partial charge on any atom is 0.0718 e. The molecule has 0 saturated carbocycles. The topological polar surface area (TPSA) is 12.4 Å². The summed E-state index contributed by atoms with van der Waals surface area (Å²) in [7, 11) is 0. The van der Waals surface area contributed by atoms with Gasteiger partial charge >= 0.3 is 0 Å². The van der Waals surface area contributed by atoms with Gasteiger partial charge in [-0.15, -0.1) is 0 Å². The lowest BCUT2D eigenvalue weighted by Gasteiger charge is -2.04. The molecule has 0 atom stereocenters. The standard InChI is InChI=1S/C14H11N/c1-9-10(2)15-13-8-7-11-5-3-4-6-12(11)14(9)13/h3-8H,1H2,2H3. The number of rotatable bonds is 0. The fraction of sp³-hybridized carbons (Fsp3) is 0.0714. The second kappa shape index (κ2) is 2.80. The molecule has 0 N–H and O–H groups in total. The highest BCUT2D eigenvalue weighted by molar-refractivity contribution is 6.30. The van der Waals surface area contributed by atoms with Crippen molar-refractivity contribution in [1.82, 2.24) is 0 Å². The fourth-order valence-electron chi connectivity index (χ4n) is 2.10. The molecular formula is C14H11N. The summed E-state index contributed by atoms with van der Waals surface area (Å²) in [6, 6.07) is 12.6. The van der Waals surface area contributed by atoms with Gasteiger partial charge in [-0.1, -0.05) is 36.9 Å². The number of fused-ring (bicyclic) bond motifs is 3. The van der Waals surface area contributed by atoms with Crippen molar-refractivity contribution in [3.63, 3.8) is 0 Å². The van der Waals surface area contributed by atoms with Gasteiger partial charge in [0.1, 0.15) is 0 Å². The number of aliphatic imine (C=N–C) groups is 1. The van der Waals surface area contributed by atoms with Gasteiger partial charge in [-0.25, -0.2) is 0 Å². The number of benzene rings is 2. The number of hydrogen-bond donors (Lipinski definition) is 0. The molecule has 0 aromatic heterocycles. The molecule has 15 heavy (non-hydrogen) atoms. The molecule has 3 rings (SSSR count). The lowest BCUT2D eigenvalue weighted by Crippen LogP contribution is -1.88. The van der Waals surface area contributed by atoms with Crippen LogP contribution >= 0.6 is 0 Å². The first-order valence-corrected chi connectivity index (χ1v) is 5.04. The van der Waals surface area contributed by atoms with E-state index in [9.17, 15) is 0 Å². The highest BCUT2D eigenvalue weighted by Gasteiger charge is 2.17. The Morgan fingerprint density at radius 1 is 1.07 bits per heavy atom. The van der Waals surface area contributed by atoms with Crippen molar-refractivity contribution >= 4 is 27.7 Å². The van der Waals surface area contributed by atoms with Gasteiger partial charge in [0, 0.05) is 11.3 Å². The fourth-order valence-corrected chi connectivity index (χ4v) is 2.10.